The fraction of sp³-hybridized carbons (Fsp3) is 0.850. The molecule has 152 valence electrons. The number of carbonyl (C=O) groups is 2. The molecule has 7 heteroatoms. The summed E-state index contributed by atoms with van der Waals surface area (Å²) in [6.45, 7) is 1.03. The first kappa shape index (κ1) is 22.0. The van der Waals surface area contributed by atoms with Crippen LogP contribution in [-0.2, 0) is 9.59 Å². The molecule has 2 N–H and O–H groups in total. The molecule has 27 heavy (non-hydrogen) atoms. The second-order valence-corrected chi connectivity index (χ2v) is 8.15. The summed E-state index contributed by atoms with van der Waals surface area (Å²) < 4.78 is 0. The molecule has 2 aliphatic carbocycles. The number of halogens is 1. The van der Waals surface area contributed by atoms with E-state index in [1.807, 2.05) is 0 Å². The lowest BCUT2D eigenvalue weighted by Crippen LogP contribution is -2.47. The van der Waals surface area contributed by atoms with Gasteiger partial charge in [0.05, 0.1) is 12.6 Å². The standard InChI is InChI=1S/C20H32N4O2.ClH/c21-13-18-7-4-12-24(18)19(25)14-22-16-8-10-17(11-9-16)23-20(26)15-5-2-1-3-6-15;/h15-18,22H,1-12,14H2,(H,23,26);1H/t16?,17?,18-;/m0./s1. The summed E-state index contributed by atoms with van der Waals surface area (Å²) in [7, 11) is 0. The molecule has 3 aliphatic rings. The molecule has 0 spiro atoms. The van der Waals surface area contributed by atoms with Gasteiger partial charge < -0.3 is 15.5 Å². The van der Waals surface area contributed by atoms with Crippen molar-refractivity contribution in [3.63, 3.8) is 0 Å². The van der Waals surface area contributed by atoms with E-state index in [-0.39, 0.29) is 36.2 Å². The van der Waals surface area contributed by atoms with Crippen molar-refractivity contribution >= 4 is 24.2 Å². The van der Waals surface area contributed by atoms with Crippen LogP contribution in [0.15, 0.2) is 0 Å². The first-order valence-electron chi connectivity index (χ1n) is 10.4. The molecule has 0 unspecified atom stereocenters. The van der Waals surface area contributed by atoms with Gasteiger partial charge in [0.15, 0.2) is 0 Å². The molecule has 2 amide bonds. The number of carbonyl (C=O) groups excluding carboxylic acids is 2. The number of hydrogen-bond acceptors (Lipinski definition) is 4. The highest BCUT2D eigenvalue weighted by Gasteiger charge is 2.30. The van der Waals surface area contributed by atoms with E-state index in [2.05, 4.69) is 16.7 Å². The Labute approximate surface area is 168 Å². The Balaban J connectivity index is 0.00000261. The number of likely N-dealkylation sites (tertiary alicyclic amines) is 1. The van der Waals surface area contributed by atoms with Crippen LogP contribution >= 0.6 is 12.4 Å². The van der Waals surface area contributed by atoms with E-state index in [0.717, 1.165) is 51.4 Å². The van der Waals surface area contributed by atoms with Crippen molar-refractivity contribution in [3.8, 4) is 6.07 Å². The molecule has 0 aromatic carbocycles. The van der Waals surface area contributed by atoms with Crippen LogP contribution < -0.4 is 10.6 Å². The highest BCUT2D eigenvalue weighted by atomic mass is 35.5. The summed E-state index contributed by atoms with van der Waals surface area (Å²) in [5.74, 6) is 0.528. The van der Waals surface area contributed by atoms with Gasteiger partial charge in [0.25, 0.3) is 0 Å². The maximum Gasteiger partial charge on any atom is 0.237 e. The zero-order chi connectivity index (χ0) is 18.4. The third-order valence-corrected chi connectivity index (χ3v) is 6.31. The Bertz CT molecular complexity index is 537. The van der Waals surface area contributed by atoms with Gasteiger partial charge in [-0.3, -0.25) is 9.59 Å². The van der Waals surface area contributed by atoms with Gasteiger partial charge >= 0.3 is 0 Å². The van der Waals surface area contributed by atoms with Crippen LogP contribution in [0.1, 0.15) is 70.6 Å². The van der Waals surface area contributed by atoms with Crippen molar-refractivity contribution in [2.24, 2.45) is 5.92 Å². The monoisotopic (exact) mass is 396 g/mol. The van der Waals surface area contributed by atoms with Gasteiger partial charge in [0, 0.05) is 24.5 Å². The van der Waals surface area contributed by atoms with Gasteiger partial charge in [-0.2, -0.15) is 5.26 Å². The predicted molar refractivity (Wildman–Crippen MR) is 106 cm³/mol. The molecule has 1 saturated heterocycles. The third kappa shape index (κ3) is 6.08. The average molecular weight is 397 g/mol. The molecule has 3 fully saturated rings. The Morgan fingerprint density at radius 2 is 1.59 bits per heavy atom. The van der Waals surface area contributed by atoms with Gasteiger partial charge in [0.2, 0.25) is 11.8 Å². The van der Waals surface area contributed by atoms with Crippen LogP contribution in [-0.4, -0.2) is 47.9 Å². The van der Waals surface area contributed by atoms with E-state index in [1.54, 1.807) is 4.90 Å². The first-order chi connectivity index (χ1) is 12.7. The summed E-state index contributed by atoms with van der Waals surface area (Å²) in [6.07, 6.45) is 11.4. The molecular formula is C20H33ClN4O2. The molecule has 6 nitrogen and oxygen atoms in total. The summed E-state index contributed by atoms with van der Waals surface area (Å²) in [4.78, 5) is 26.4. The zero-order valence-corrected chi connectivity index (χ0v) is 16.9. The van der Waals surface area contributed by atoms with Crippen LogP contribution in [0, 0.1) is 17.2 Å². The highest BCUT2D eigenvalue weighted by molar-refractivity contribution is 5.85. The van der Waals surface area contributed by atoms with Crippen molar-refractivity contribution < 1.29 is 9.59 Å². The second kappa shape index (κ2) is 10.9. The summed E-state index contributed by atoms with van der Waals surface area (Å²) in [5.41, 5.74) is 0. The molecule has 1 atom stereocenters. The van der Waals surface area contributed by atoms with Crippen LogP contribution in [0.25, 0.3) is 0 Å². The van der Waals surface area contributed by atoms with E-state index in [9.17, 15) is 9.59 Å². The van der Waals surface area contributed by atoms with Crippen LogP contribution in [0.3, 0.4) is 0 Å². The fourth-order valence-electron chi connectivity index (χ4n) is 4.66. The Morgan fingerprint density at radius 3 is 2.26 bits per heavy atom. The van der Waals surface area contributed by atoms with Gasteiger partial charge in [-0.25, -0.2) is 0 Å². The maximum atomic E-state index is 12.4. The van der Waals surface area contributed by atoms with Gasteiger partial charge in [-0.15, -0.1) is 12.4 Å². The quantitative estimate of drug-likeness (QED) is 0.747. The Kier molecular flexibility index (Phi) is 8.85. The maximum absolute atomic E-state index is 12.4. The smallest absolute Gasteiger partial charge is 0.237 e. The van der Waals surface area contributed by atoms with Gasteiger partial charge in [-0.1, -0.05) is 19.3 Å². The molecule has 0 bridgehead atoms. The number of nitrogens with one attached hydrogen (secondary N) is 2. The van der Waals surface area contributed by atoms with E-state index < -0.39 is 0 Å². The lowest BCUT2D eigenvalue weighted by molar-refractivity contribution is -0.130. The van der Waals surface area contributed by atoms with Crippen LogP contribution in [0.4, 0.5) is 0 Å². The van der Waals surface area contributed by atoms with Crippen molar-refractivity contribution in [1.29, 1.82) is 5.26 Å². The minimum atomic E-state index is -0.241. The summed E-state index contributed by atoms with van der Waals surface area (Å²) in [5, 5.41) is 15.7. The third-order valence-electron chi connectivity index (χ3n) is 6.31. The molecule has 2 saturated carbocycles. The van der Waals surface area contributed by atoms with Crippen molar-refractivity contribution in [3.05, 3.63) is 0 Å². The largest absolute Gasteiger partial charge is 0.353 e. The lowest BCUT2D eigenvalue weighted by Gasteiger charge is -2.31. The van der Waals surface area contributed by atoms with Crippen LogP contribution in [0.2, 0.25) is 0 Å². The molecular weight excluding hydrogens is 364 g/mol. The van der Waals surface area contributed by atoms with Crippen LogP contribution in [0.5, 0.6) is 0 Å². The summed E-state index contributed by atoms with van der Waals surface area (Å²) in [6, 6.07) is 2.61. The van der Waals surface area contributed by atoms with Crippen molar-refractivity contribution in [2.75, 3.05) is 13.1 Å². The van der Waals surface area contributed by atoms with Gasteiger partial charge in [0.1, 0.15) is 6.04 Å². The topological polar surface area (TPSA) is 85.2 Å². The molecule has 0 aromatic rings. The molecule has 0 aromatic heterocycles. The van der Waals surface area contributed by atoms with Crippen molar-refractivity contribution in [1.82, 2.24) is 15.5 Å². The normalized spacial score (nSPS) is 28.9. The molecule has 1 heterocycles. The van der Waals surface area contributed by atoms with Gasteiger partial charge in [-0.05, 0) is 51.4 Å². The molecule has 3 rings (SSSR count). The number of hydrogen-bond donors (Lipinski definition) is 2. The lowest BCUT2D eigenvalue weighted by atomic mass is 9.87. The van der Waals surface area contributed by atoms with E-state index in [1.165, 1.54) is 19.3 Å². The first-order valence-corrected chi connectivity index (χ1v) is 10.4. The Morgan fingerprint density at radius 1 is 0.926 bits per heavy atom. The number of nitrogens with zero attached hydrogens (tertiary/aromatic N) is 2. The highest BCUT2D eigenvalue weighted by Crippen LogP contribution is 2.25. The zero-order valence-electron chi connectivity index (χ0n) is 16.1. The summed E-state index contributed by atoms with van der Waals surface area (Å²) >= 11 is 0. The fourth-order valence-corrected chi connectivity index (χ4v) is 4.66. The second-order valence-electron chi connectivity index (χ2n) is 8.15. The number of amides is 2. The Hall–Kier alpha value is -1.32. The van der Waals surface area contributed by atoms with E-state index in [0.29, 0.717) is 25.2 Å². The van der Waals surface area contributed by atoms with E-state index in [4.69, 9.17) is 5.26 Å². The molecule has 1 aliphatic heterocycles. The minimum Gasteiger partial charge on any atom is -0.353 e. The van der Waals surface area contributed by atoms with Crippen molar-refractivity contribution in [2.45, 2.75) is 88.8 Å². The predicted octanol–water partition coefficient (Wildman–Crippen LogP) is 2.52. The van der Waals surface area contributed by atoms with E-state index >= 15 is 0 Å². The minimum absolute atomic E-state index is 0. The SMILES string of the molecule is Cl.N#C[C@@H]1CCCN1C(=O)CNC1CCC(NC(=O)C2CCCCC2)CC1. The average Bonchev–Trinajstić information content (AvgIpc) is 3.17. The molecule has 0 radical (unpaired) electrons. The number of nitriles is 1. The number of rotatable bonds is 5.